The van der Waals surface area contributed by atoms with Crippen LogP contribution in [0.1, 0.15) is 26.2 Å². The molecular formula is C10H20N2O2. The second-order valence-electron chi connectivity index (χ2n) is 3.94. The summed E-state index contributed by atoms with van der Waals surface area (Å²) in [7, 11) is 0. The summed E-state index contributed by atoms with van der Waals surface area (Å²) in [5, 5.41) is 2.91. The van der Waals surface area contributed by atoms with E-state index in [1.807, 2.05) is 6.92 Å². The molecule has 0 aromatic heterocycles. The van der Waals surface area contributed by atoms with Gasteiger partial charge < -0.3 is 15.8 Å². The number of hydrogen-bond acceptors (Lipinski definition) is 3. The molecule has 4 heteroatoms. The predicted octanol–water partition coefficient (Wildman–Crippen LogP) is 0.267. The minimum atomic E-state index is 0.150. The van der Waals surface area contributed by atoms with E-state index in [-0.39, 0.29) is 17.9 Å². The van der Waals surface area contributed by atoms with Crippen LogP contribution in [0.5, 0.6) is 0 Å². The summed E-state index contributed by atoms with van der Waals surface area (Å²) in [6, 6.07) is 0.157. The largest absolute Gasteiger partial charge is 0.381 e. The monoisotopic (exact) mass is 200 g/mol. The van der Waals surface area contributed by atoms with Crippen LogP contribution >= 0.6 is 0 Å². The normalized spacial score (nSPS) is 20.4. The number of carbonyl (C=O) groups is 1. The van der Waals surface area contributed by atoms with Crippen LogP contribution in [-0.4, -0.2) is 31.7 Å². The lowest BCUT2D eigenvalue weighted by Crippen LogP contribution is -2.36. The molecule has 1 aliphatic rings. The van der Waals surface area contributed by atoms with E-state index in [1.165, 1.54) is 0 Å². The average molecular weight is 200 g/mol. The third-order valence-corrected chi connectivity index (χ3v) is 2.49. The van der Waals surface area contributed by atoms with Crippen LogP contribution in [0.15, 0.2) is 0 Å². The maximum atomic E-state index is 11.6. The number of rotatable bonds is 4. The van der Waals surface area contributed by atoms with Gasteiger partial charge in [0.15, 0.2) is 0 Å². The van der Waals surface area contributed by atoms with Crippen molar-refractivity contribution < 1.29 is 9.53 Å². The quantitative estimate of drug-likeness (QED) is 0.684. The van der Waals surface area contributed by atoms with Gasteiger partial charge in [0, 0.05) is 31.7 Å². The molecule has 1 unspecified atom stereocenters. The summed E-state index contributed by atoms with van der Waals surface area (Å²) >= 11 is 0. The third-order valence-electron chi connectivity index (χ3n) is 2.49. The zero-order valence-corrected chi connectivity index (χ0v) is 8.79. The number of nitrogens with one attached hydrogen (secondary N) is 1. The van der Waals surface area contributed by atoms with Crippen molar-refractivity contribution in [2.75, 3.05) is 19.8 Å². The maximum Gasteiger partial charge on any atom is 0.223 e. The molecule has 82 valence electrons. The van der Waals surface area contributed by atoms with E-state index < -0.39 is 0 Å². The molecule has 1 heterocycles. The Kier molecular flexibility index (Phi) is 4.90. The third kappa shape index (κ3) is 4.07. The number of ether oxygens (including phenoxy) is 1. The second kappa shape index (κ2) is 5.98. The fourth-order valence-corrected chi connectivity index (χ4v) is 1.53. The Balaban J connectivity index is 2.13. The molecule has 1 amide bonds. The van der Waals surface area contributed by atoms with Crippen LogP contribution in [0, 0.1) is 5.92 Å². The average Bonchev–Trinajstić information content (AvgIpc) is 2.18. The zero-order chi connectivity index (χ0) is 10.4. The van der Waals surface area contributed by atoms with Gasteiger partial charge in [-0.15, -0.1) is 0 Å². The molecular weight excluding hydrogens is 180 g/mol. The molecule has 14 heavy (non-hydrogen) atoms. The van der Waals surface area contributed by atoms with E-state index in [0.29, 0.717) is 19.8 Å². The molecule has 0 aromatic rings. The molecule has 3 N–H and O–H groups in total. The molecule has 1 aliphatic heterocycles. The van der Waals surface area contributed by atoms with E-state index in [9.17, 15) is 4.79 Å². The molecule has 0 saturated carbocycles. The second-order valence-corrected chi connectivity index (χ2v) is 3.94. The molecule has 0 bridgehead atoms. The van der Waals surface area contributed by atoms with Gasteiger partial charge in [-0.1, -0.05) is 0 Å². The molecule has 0 aliphatic carbocycles. The SMILES string of the molecule is CC(N)CCNC(=O)C1CCOCC1. The van der Waals surface area contributed by atoms with Gasteiger partial charge in [0.1, 0.15) is 0 Å². The van der Waals surface area contributed by atoms with Crippen molar-refractivity contribution in [2.45, 2.75) is 32.2 Å². The van der Waals surface area contributed by atoms with Crippen LogP contribution in [0.25, 0.3) is 0 Å². The molecule has 4 nitrogen and oxygen atoms in total. The van der Waals surface area contributed by atoms with Gasteiger partial charge >= 0.3 is 0 Å². The maximum absolute atomic E-state index is 11.6. The Morgan fingerprint density at radius 3 is 2.79 bits per heavy atom. The van der Waals surface area contributed by atoms with Crippen LogP contribution in [-0.2, 0) is 9.53 Å². The van der Waals surface area contributed by atoms with Gasteiger partial charge in [0.2, 0.25) is 5.91 Å². The van der Waals surface area contributed by atoms with Crippen LogP contribution in [0.3, 0.4) is 0 Å². The van der Waals surface area contributed by atoms with Gasteiger partial charge in [-0.05, 0) is 26.2 Å². The highest BCUT2D eigenvalue weighted by molar-refractivity contribution is 5.78. The first-order chi connectivity index (χ1) is 6.70. The standard InChI is InChI=1S/C10H20N2O2/c1-8(11)2-5-12-10(13)9-3-6-14-7-4-9/h8-9H,2-7,11H2,1H3,(H,12,13). The van der Waals surface area contributed by atoms with Gasteiger partial charge in [-0.2, -0.15) is 0 Å². The van der Waals surface area contributed by atoms with E-state index in [2.05, 4.69) is 5.32 Å². The van der Waals surface area contributed by atoms with Gasteiger partial charge in [-0.25, -0.2) is 0 Å². The highest BCUT2D eigenvalue weighted by Gasteiger charge is 2.20. The first-order valence-corrected chi connectivity index (χ1v) is 5.31. The van der Waals surface area contributed by atoms with Gasteiger partial charge in [-0.3, -0.25) is 4.79 Å². The van der Waals surface area contributed by atoms with E-state index >= 15 is 0 Å². The number of carbonyl (C=O) groups excluding carboxylic acids is 1. The summed E-state index contributed by atoms with van der Waals surface area (Å²) in [5.74, 6) is 0.311. The highest BCUT2D eigenvalue weighted by Crippen LogP contribution is 2.14. The summed E-state index contributed by atoms with van der Waals surface area (Å²) in [6.45, 7) is 4.06. The fourth-order valence-electron chi connectivity index (χ4n) is 1.53. The first kappa shape index (κ1) is 11.5. The lowest BCUT2D eigenvalue weighted by atomic mass is 9.99. The molecule has 1 fully saturated rings. The van der Waals surface area contributed by atoms with Crippen molar-refractivity contribution >= 4 is 5.91 Å². The Hall–Kier alpha value is -0.610. The van der Waals surface area contributed by atoms with E-state index in [1.54, 1.807) is 0 Å². The van der Waals surface area contributed by atoms with Crippen molar-refractivity contribution in [3.63, 3.8) is 0 Å². The fraction of sp³-hybridized carbons (Fsp3) is 0.900. The Morgan fingerprint density at radius 2 is 2.21 bits per heavy atom. The van der Waals surface area contributed by atoms with Crippen molar-refractivity contribution in [3.05, 3.63) is 0 Å². The lowest BCUT2D eigenvalue weighted by Gasteiger charge is -2.21. The van der Waals surface area contributed by atoms with Crippen molar-refractivity contribution in [1.82, 2.24) is 5.32 Å². The van der Waals surface area contributed by atoms with E-state index in [4.69, 9.17) is 10.5 Å². The topological polar surface area (TPSA) is 64.3 Å². The van der Waals surface area contributed by atoms with Gasteiger partial charge in [0.25, 0.3) is 0 Å². The Labute approximate surface area is 85.2 Å². The zero-order valence-electron chi connectivity index (χ0n) is 8.79. The lowest BCUT2D eigenvalue weighted by molar-refractivity contribution is -0.127. The molecule has 1 rings (SSSR count). The number of hydrogen-bond donors (Lipinski definition) is 2. The smallest absolute Gasteiger partial charge is 0.223 e. The molecule has 0 spiro atoms. The van der Waals surface area contributed by atoms with Crippen molar-refractivity contribution in [2.24, 2.45) is 11.7 Å². The predicted molar refractivity (Wildman–Crippen MR) is 54.8 cm³/mol. The first-order valence-electron chi connectivity index (χ1n) is 5.31. The van der Waals surface area contributed by atoms with Crippen LogP contribution < -0.4 is 11.1 Å². The summed E-state index contributed by atoms with van der Waals surface area (Å²) in [4.78, 5) is 11.6. The summed E-state index contributed by atoms with van der Waals surface area (Å²) < 4.78 is 5.19. The minimum absolute atomic E-state index is 0.150. The summed E-state index contributed by atoms with van der Waals surface area (Å²) in [5.41, 5.74) is 5.59. The van der Waals surface area contributed by atoms with Crippen LogP contribution in [0.2, 0.25) is 0 Å². The molecule has 0 radical (unpaired) electrons. The van der Waals surface area contributed by atoms with Gasteiger partial charge in [0.05, 0.1) is 0 Å². The van der Waals surface area contributed by atoms with Crippen LogP contribution in [0.4, 0.5) is 0 Å². The molecule has 1 saturated heterocycles. The Morgan fingerprint density at radius 1 is 1.57 bits per heavy atom. The molecule has 1 atom stereocenters. The molecule has 0 aromatic carbocycles. The summed E-state index contributed by atoms with van der Waals surface area (Å²) in [6.07, 6.45) is 2.54. The van der Waals surface area contributed by atoms with Crippen molar-refractivity contribution in [3.8, 4) is 0 Å². The minimum Gasteiger partial charge on any atom is -0.381 e. The van der Waals surface area contributed by atoms with E-state index in [0.717, 1.165) is 19.3 Å². The number of amides is 1. The Bertz CT molecular complexity index is 177. The van der Waals surface area contributed by atoms with Crippen molar-refractivity contribution in [1.29, 1.82) is 0 Å². The number of nitrogens with two attached hydrogens (primary N) is 1. The highest BCUT2D eigenvalue weighted by atomic mass is 16.5.